The molecule has 0 aliphatic heterocycles. The molecule has 0 fully saturated rings. The van der Waals surface area contributed by atoms with Gasteiger partial charge in [-0.15, -0.1) is 0 Å². The van der Waals surface area contributed by atoms with Gasteiger partial charge in [0.2, 0.25) is 6.04 Å². The van der Waals surface area contributed by atoms with Crippen molar-refractivity contribution < 1.29 is 37.4 Å². The molecule has 0 spiro atoms. The summed E-state index contributed by atoms with van der Waals surface area (Å²) in [4.78, 5) is 33.9. The molecule has 2 amide bonds. The summed E-state index contributed by atoms with van der Waals surface area (Å²) < 4.78 is 42.8. The van der Waals surface area contributed by atoms with Crippen molar-refractivity contribution in [1.82, 2.24) is 10.6 Å². The Kier molecular flexibility index (Phi) is 6.68. The van der Waals surface area contributed by atoms with E-state index < -0.39 is 30.2 Å². The molecule has 2 aromatic carbocycles. The quantitative estimate of drug-likeness (QED) is 0.613. The van der Waals surface area contributed by atoms with Crippen molar-refractivity contribution in [2.45, 2.75) is 18.1 Å². The molecule has 0 bridgehead atoms. The number of aliphatic carboxylic acids is 1. The molecule has 0 saturated carbocycles. The number of carboxylic acids is 1. The number of rotatable bonds is 5. The molecule has 0 aromatic heterocycles. The average molecular weight is 446 g/mol. The summed E-state index contributed by atoms with van der Waals surface area (Å²) in [5.41, 5.74) is 4.17. The van der Waals surface area contributed by atoms with Crippen LogP contribution in [0.5, 0.6) is 0 Å². The summed E-state index contributed by atoms with van der Waals surface area (Å²) in [6.45, 7) is -0.326. The van der Waals surface area contributed by atoms with E-state index in [9.17, 15) is 27.6 Å². The molecule has 166 valence electrons. The van der Waals surface area contributed by atoms with Gasteiger partial charge in [-0.05, 0) is 28.2 Å². The number of alkyl carbamates (subject to hydrolysis) is 1. The van der Waals surface area contributed by atoms with E-state index in [1.165, 1.54) is 5.32 Å². The van der Waals surface area contributed by atoms with Crippen molar-refractivity contribution in [2.75, 3.05) is 13.2 Å². The lowest BCUT2D eigenvalue weighted by molar-refractivity contribution is -0.181. The number of carbonyl (C=O) groups excluding carboxylic acids is 2. The van der Waals surface area contributed by atoms with E-state index in [1.807, 2.05) is 48.5 Å². The zero-order valence-corrected chi connectivity index (χ0v) is 16.4. The first-order valence-corrected chi connectivity index (χ1v) is 9.36. The van der Waals surface area contributed by atoms with Crippen LogP contribution in [0.25, 0.3) is 11.1 Å². The Morgan fingerprint density at radius 2 is 1.59 bits per heavy atom. The fourth-order valence-corrected chi connectivity index (χ4v) is 3.34. The Hall–Kier alpha value is -4.00. The summed E-state index contributed by atoms with van der Waals surface area (Å²) in [5, 5.41) is 12.0. The summed E-state index contributed by atoms with van der Waals surface area (Å²) in [6, 6.07) is 12.5. The first kappa shape index (κ1) is 22.7. The van der Waals surface area contributed by atoms with Crippen molar-refractivity contribution in [3.63, 3.8) is 0 Å². The second kappa shape index (κ2) is 9.43. The molecule has 0 radical (unpaired) electrons. The lowest BCUT2D eigenvalue weighted by atomic mass is 9.98. The number of carbonyl (C=O) groups is 3. The van der Waals surface area contributed by atoms with Crippen LogP contribution in [0.2, 0.25) is 0 Å². The first-order chi connectivity index (χ1) is 15.2. The SMILES string of the molecule is O=C(C#CCNC(=O)OCC1c2ccccc2-c2ccccc21)NC(C(=O)O)C(F)(F)F. The number of hydrogen-bond donors (Lipinski definition) is 3. The van der Waals surface area contributed by atoms with E-state index >= 15 is 0 Å². The normalized spacial score (nSPS) is 13.1. The lowest BCUT2D eigenvalue weighted by Gasteiger charge is -2.15. The first-order valence-electron chi connectivity index (χ1n) is 9.36. The molecule has 2 aromatic rings. The smallest absolute Gasteiger partial charge is 0.419 e. The number of hydrogen-bond acceptors (Lipinski definition) is 4. The Bertz CT molecular complexity index is 1060. The van der Waals surface area contributed by atoms with Gasteiger partial charge >= 0.3 is 18.2 Å². The maximum Gasteiger partial charge on any atom is 0.419 e. The van der Waals surface area contributed by atoms with Crippen LogP contribution in [-0.4, -0.2) is 48.4 Å². The van der Waals surface area contributed by atoms with Crippen molar-refractivity contribution in [3.05, 3.63) is 59.7 Å². The van der Waals surface area contributed by atoms with Gasteiger partial charge in [-0.2, -0.15) is 13.2 Å². The number of halogens is 3. The molecule has 10 heteroatoms. The minimum absolute atomic E-state index is 0.0552. The lowest BCUT2D eigenvalue weighted by Crippen LogP contribution is -2.50. The van der Waals surface area contributed by atoms with Gasteiger partial charge in [0.1, 0.15) is 6.61 Å². The second-order valence-electron chi connectivity index (χ2n) is 6.77. The Morgan fingerprint density at radius 1 is 1.03 bits per heavy atom. The third kappa shape index (κ3) is 5.18. The van der Waals surface area contributed by atoms with E-state index in [4.69, 9.17) is 9.84 Å². The van der Waals surface area contributed by atoms with E-state index in [0.29, 0.717) is 0 Å². The molecule has 0 saturated heterocycles. The van der Waals surface area contributed by atoms with Crippen LogP contribution in [0, 0.1) is 11.8 Å². The van der Waals surface area contributed by atoms with Gasteiger partial charge in [-0.1, -0.05) is 54.5 Å². The maximum atomic E-state index is 12.5. The molecule has 1 aliphatic rings. The third-order valence-electron chi connectivity index (χ3n) is 4.72. The van der Waals surface area contributed by atoms with Crippen LogP contribution in [0.15, 0.2) is 48.5 Å². The van der Waals surface area contributed by atoms with Crippen molar-refractivity contribution in [1.29, 1.82) is 0 Å². The largest absolute Gasteiger partial charge is 0.479 e. The molecule has 3 N–H and O–H groups in total. The summed E-state index contributed by atoms with van der Waals surface area (Å²) >= 11 is 0. The number of nitrogens with one attached hydrogen (secondary N) is 2. The highest BCUT2D eigenvalue weighted by molar-refractivity contribution is 5.96. The van der Waals surface area contributed by atoms with Crippen molar-refractivity contribution in [3.8, 4) is 23.0 Å². The molecule has 1 atom stereocenters. The molecule has 1 unspecified atom stereocenters. The van der Waals surface area contributed by atoms with Gasteiger partial charge in [0.05, 0.1) is 6.54 Å². The number of amides is 2. The van der Waals surface area contributed by atoms with Crippen LogP contribution in [0.4, 0.5) is 18.0 Å². The molecule has 3 rings (SSSR count). The fraction of sp³-hybridized carbons (Fsp3) is 0.227. The number of benzene rings is 2. The van der Waals surface area contributed by atoms with Crippen LogP contribution in [0.3, 0.4) is 0 Å². The average Bonchev–Trinajstić information content (AvgIpc) is 3.06. The van der Waals surface area contributed by atoms with Crippen molar-refractivity contribution >= 4 is 18.0 Å². The summed E-state index contributed by atoms with van der Waals surface area (Å²) in [5.74, 6) is 0.0689. The fourth-order valence-electron chi connectivity index (χ4n) is 3.34. The summed E-state index contributed by atoms with van der Waals surface area (Å²) in [7, 11) is 0. The standard InChI is InChI=1S/C22H17F3N2O5/c23-22(24,25)19(20(29)30)27-18(28)10-5-11-26-21(31)32-12-17-15-8-3-1-6-13(15)14-7-2-4-9-16(14)17/h1-4,6-9,17,19H,11-12H2,(H,26,31)(H,27,28)(H,29,30). The minimum atomic E-state index is -5.16. The predicted octanol–water partition coefficient (Wildman–Crippen LogP) is 2.66. The van der Waals surface area contributed by atoms with Gasteiger partial charge in [0.15, 0.2) is 0 Å². The number of carboxylic acid groups (broad SMARTS) is 1. The molecule has 1 aliphatic carbocycles. The topological polar surface area (TPSA) is 105 Å². The highest BCUT2D eigenvalue weighted by Crippen LogP contribution is 2.44. The monoisotopic (exact) mass is 446 g/mol. The number of fused-ring (bicyclic) bond motifs is 3. The van der Waals surface area contributed by atoms with Gasteiger partial charge < -0.3 is 20.5 Å². The molecule has 0 heterocycles. The van der Waals surface area contributed by atoms with Crippen molar-refractivity contribution in [2.24, 2.45) is 0 Å². The van der Waals surface area contributed by atoms with Gasteiger partial charge in [-0.3, -0.25) is 4.79 Å². The Morgan fingerprint density at radius 3 is 2.12 bits per heavy atom. The minimum Gasteiger partial charge on any atom is -0.479 e. The summed E-state index contributed by atoms with van der Waals surface area (Å²) in [6.07, 6.45) is -5.98. The van der Waals surface area contributed by atoms with Crippen LogP contribution in [-0.2, 0) is 14.3 Å². The Labute approximate surface area is 180 Å². The highest BCUT2D eigenvalue weighted by Gasteiger charge is 2.46. The zero-order valence-electron chi connectivity index (χ0n) is 16.4. The van der Waals surface area contributed by atoms with Crippen LogP contribution in [0.1, 0.15) is 17.0 Å². The van der Waals surface area contributed by atoms with E-state index in [-0.39, 0.29) is 19.1 Å². The van der Waals surface area contributed by atoms with E-state index in [0.717, 1.165) is 22.3 Å². The molecule has 32 heavy (non-hydrogen) atoms. The Balaban J connectivity index is 1.51. The number of ether oxygens (including phenoxy) is 1. The third-order valence-corrected chi connectivity index (χ3v) is 4.72. The highest BCUT2D eigenvalue weighted by atomic mass is 19.4. The molecular formula is C22H17F3N2O5. The van der Waals surface area contributed by atoms with Gasteiger partial charge in [0, 0.05) is 5.92 Å². The molecular weight excluding hydrogens is 429 g/mol. The van der Waals surface area contributed by atoms with E-state index in [1.54, 1.807) is 5.92 Å². The van der Waals surface area contributed by atoms with Crippen LogP contribution >= 0.6 is 0 Å². The second-order valence-corrected chi connectivity index (χ2v) is 6.77. The number of alkyl halides is 3. The van der Waals surface area contributed by atoms with Gasteiger partial charge in [-0.25, -0.2) is 9.59 Å². The van der Waals surface area contributed by atoms with E-state index in [2.05, 4.69) is 11.2 Å². The predicted molar refractivity (Wildman–Crippen MR) is 106 cm³/mol. The molecule has 7 nitrogen and oxygen atoms in total. The maximum absolute atomic E-state index is 12.5. The van der Waals surface area contributed by atoms with Crippen LogP contribution < -0.4 is 10.6 Å². The zero-order chi connectivity index (χ0) is 23.3. The van der Waals surface area contributed by atoms with Gasteiger partial charge in [0.25, 0.3) is 5.91 Å².